The predicted molar refractivity (Wildman–Crippen MR) is 73.5 cm³/mol. The van der Waals surface area contributed by atoms with Crippen LogP contribution in [0.25, 0.3) is 0 Å². The fourth-order valence-corrected chi connectivity index (χ4v) is 2.97. The van der Waals surface area contributed by atoms with Gasteiger partial charge >= 0.3 is 0 Å². The van der Waals surface area contributed by atoms with Crippen LogP contribution in [0.3, 0.4) is 0 Å². The van der Waals surface area contributed by atoms with Crippen LogP contribution in [0.1, 0.15) is 5.56 Å². The summed E-state index contributed by atoms with van der Waals surface area (Å²) in [5, 5.41) is 3.19. The van der Waals surface area contributed by atoms with Crippen LogP contribution in [-0.4, -0.2) is 43.1 Å². The second kappa shape index (κ2) is 6.16. The van der Waals surface area contributed by atoms with Crippen LogP contribution >= 0.6 is 11.8 Å². The summed E-state index contributed by atoms with van der Waals surface area (Å²) in [6, 6.07) is 8.71. The molecule has 0 unspecified atom stereocenters. The summed E-state index contributed by atoms with van der Waals surface area (Å²) in [6.45, 7) is 3.72. The maximum Gasteiger partial charge on any atom is 0.0340 e. The van der Waals surface area contributed by atoms with E-state index in [1.165, 1.54) is 48.8 Å². The molecule has 88 valence electrons. The van der Waals surface area contributed by atoms with Crippen LogP contribution in [0.4, 0.5) is 5.69 Å². The molecule has 0 radical (unpaired) electrons. The van der Waals surface area contributed by atoms with Crippen molar-refractivity contribution in [3.05, 3.63) is 29.8 Å². The second-order valence-corrected chi connectivity index (χ2v) is 5.38. The topological polar surface area (TPSA) is 15.3 Å². The zero-order valence-electron chi connectivity index (χ0n) is 9.91. The van der Waals surface area contributed by atoms with Gasteiger partial charge in [-0.05, 0) is 24.1 Å². The van der Waals surface area contributed by atoms with Gasteiger partial charge in [0.1, 0.15) is 0 Å². The summed E-state index contributed by atoms with van der Waals surface area (Å²) in [5.41, 5.74) is 2.65. The van der Waals surface area contributed by atoms with E-state index in [1.54, 1.807) is 0 Å². The lowest BCUT2D eigenvalue weighted by molar-refractivity contribution is 0.306. The minimum atomic E-state index is 1.17. The van der Waals surface area contributed by atoms with Crippen molar-refractivity contribution >= 4 is 17.4 Å². The monoisotopic (exact) mass is 236 g/mol. The van der Waals surface area contributed by atoms with Gasteiger partial charge in [-0.3, -0.25) is 0 Å². The molecule has 1 aromatic rings. The molecule has 1 heterocycles. The van der Waals surface area contributed by atoms with Crippen molar-refractivity contribution < 1.29 is 0 Å². The van der Waals surface area contributed by atoms with Crippen molar-refractivity contribution in [1.29, 1.82) is 0 Å². The fraction of sp³-hybridized carbons (Fsp3) is 0.538. The number of hydrogen-bond acceptors (Lipinski definition) is 3. The molecule has 0 bridgehead atoms. The van der Waals surface area contributed by atoms with Crippen molar-refractivity contribution in [2.75, 3.05) is 43.5 Å². The van der Waals surface area contributed by atoms with E-state index >= 15 is 0 Å². The lowest BCUT2D eigenvalue weighted by Gasteiger charge is -2.26. The summed E-state index contributed by atoms with van der Waals surface area (Å²) >= 11 is 2.07. The van der Waals surface area contributed by atoms with Crippen molar-refractivity contribution in [2.45, 2.75) is 6.42 Å². The molecule has 0 aliphatic carbocycles. The van der Waals surface area contributed by atoms with Crippen LogP contribution in [0.5, 0.6) is 0 Å². The molecule has 0 saturated carbocycles. The third-order valence-corrected chi connectivity index (χ3v) is 3.98. The van der Waals surface area contributed by atoms with E-state index in [1.807, 2.05) is 7.05 Å². The SMILES string of the molecule is CNc1cccc(CCN2CCSCC2)c1. The number of nitrogens with zero attached hydrogens (tertiary/aromatic N) is 1. The van der Waals surface area contributed by atoms with Crippen molar-refractivity contribution in [3.8, 4) is 0 Å². The van der Waals surface area contributed by atoms with E-state index in [4.69, 9.17) is 0 Å². The Balaban J connectivity index is 1.83. The lowest BCUT2D eigenvalue weighted by Crippen LogP contribution is -2.34. The number of benzene rings is 1. The lowest BCUT2D eigenvalue weighted by atomic mass is 10.1. The van der Waals surface area contributed by atoms with Gasteiger partial charge in [0.25, 0.3) is 0 Å². The van der Waals surface area contributed by atoms with E-state index < -0.39 is 0 Å². The molecule has 0 atom stereocenters. The molecular weight excluding hydrogens is 216 g/mol. The Morgan fingerprint density at radius 2 is 2.12 bits per heavy atom. The maximum absolute atomic E-state index is 3.19. The van der Waals surface area contributed by atoms with Crippen LogP contribution in [0.2, 0.25) is 0 Å². The second-order valence-electron chi connectivity index (χ2n) is 4.15. The van der Waals surface area contributed by atoms with Crippen LogP contribution in [0, 0.1) is 0 Å². The third-order valence-electron chi connectivity index (χ3n) is 3.04. The molecule has 1 aliphatic heterocycles. The summed E-state index contributed by atoms with van der Waals surface area (Å²) in [5.74, 6) is 2.60. The minimum Gasteiger partial charge on any atom is -0.388 e. The summed E-state index contributed by atoms with van der Waals surface area (Å²) in [7, 11) is 1.97. The first kappa shape index (κ1) is 11.8. The van der Waals surface area contributed by atoms with Crippen LogP contribution < -0.4 is 5.32 Å². The molecule has 3 heteroatoms. The van der Waals surface area contributed by atoms with Crippen LogP contribution in [-0.2, 0) is 6.42 Å². The average Bonchev–Trinajstić information content (AvgIpc) is 2.38. The fourth-order valence-electron chi connectivity index (χ4n) is 1.99. The molecule has 0 aromatic heterocycles. The Morgan fingerprint density at radius 1 is 1.31 bits per heavy atom. The number of anilines is 1. The number of hydrogen-bond donors (Lipinski definition) is 1. The number of rotatable bonds is 4. The van der Waals surface area contributed by atoms with Gasteiger partial charge in [-0.15, -0.1) is 0 Å². The highest BCUT2D eigenvalue weighted by Crippen LogP contribution is 2.13. The van der Waals surface area contributed by atoms with E-state index in [0.717, 1.165) is 0 Å². The number of thioether (sulfide) groups is 1. The van der Waals surface area contributed by atoms with E-state index in [-0.39, 0.29) is 0 Å². The molecule has 2 rings (SSSR count). The van der Waals surface area contributed by atoms with Crippen molar-refractivity contribution in [2.24, 2.45) is 0 Å². The summed E-state index contributed by atoms with van der Waals surface area (Å²) in [4.78, 5) is 2.57. The highest BCUT2D eigenvalue weighted by Gasteiger charge is 2.09. The van der Waals surface area contributed by atoms with Gasteiger partial charge in [0, 0.05) is 43.9 Å². The highest BCUT2D eigenvalue weighted by atomic mass is 32.2. The Morgan fingerprint density at radius 3 is 2.88 bits per heavy atom. The normalized spacial score (nSPS) is 17.3. The van der Waals surface area contributed by atoms with E-state index in [9.17, 15) is 0 Å². The quantitative estimate of drug-likeness (QED) is 0.863. The molecule has 1 fully saturated rings. The molecule has 2 nitrogen and oxygen atoms in total. The molecule has 1 saturated heterocycles. The van der Waals surface area contributed by atoms with Gasteiger partial charge in [-0.2, -0.15) is 11.8 Å². The average molecular weight is 236 g/mol. The van der Waals surface area contributed by atoms with E-state index in [0.29, 0.717) is 0 Å². The van der Waals surface area contributed by atoms with Gasteiger partial charge in [-0.1, -0.05) is 12.1 Å². The Labute approximate surface area is 102 Å². The summed E-state index contributed by atoms with van der Waals surface area (Å²) < 4.78 is 0. The first-order valence-electron chi connectivity index (χ1n) is 5.95. The molecule has 1 aliphatic rings. The predicted octanol–water partition coefficient (Wildman–Crippen LogP) is 2.32. The summed E-state index contributed by atoms with van der Waals surface area (Å²) in [6.07, 6.45) is 1.17. The molecule has 1 aromatic carbocycles. The van der Waals surface area contributed by atoms with Crippen molar-refractivity contribution in [3.63, 3.8) is 0 Å². The Kier molecular flexibility index (Phi) is 4.55. The zero-order chi connectivity index (χ0) is 11.2. The standard InChI is InChI=1S/C13H20N2S/c1-14-13-4-2-3-12(11-13)5-6-15-7-9-16-10-8-15/h2-4,11,14H,5-10H2,1H3. The number of nitrogens with one attached hydrogen (secondary N) is 1. The minimum absolute atomic E-state index is 1.17. The smallest absolute Gasteiger partial charge is 0.0340 e. The zero-order valence-corrected chi connectivity index (χ0v) is 10.7. The van der Waals surface area contributed by atoms with Crippen LogP contribution in [0.15, 0.2) is 24.3 Å². The molecular formula is C13H20N2S. The molecule has 16 heavy (non-hydrogen) atoms. The first-order chi connectivity index (χ1) is 7.88. The van der Waals surface area contributed by atoms with E-state index in [2.05, 4.69) is 46.2 Å². The largest absolute Gasteiger partial charge is 0.388 e. The molecule has 1 N–H and O–H groups in total. The maximum atomic E-state index is 3.19. The third kappa shape index (κ3) is 3.42. The Hall–Kier alpha value is -0.670. The first-order valence-corrected chi connectivity index (χ1v) is 7.11. The molecule has 0 amide bonds. The molecule has 0 spiro atoms. The van der Waals surface area contributed by atoms with Gasteiger partial charge in [0.15, 0.2) is 0 Å². The van der Waals surface area contributed by atoms with Gasteiger partial charge in [0.05, 0.1) is 0 Å². The highest BCUT2D eigenvalue weighted by molar-refractivity contribution is 7.99. The Bertz CT molecular complexity index is 321. The van der Waals surface area contributed by atoms with Gasteiger partial charge < -0.3 is 10.2 Å². The van der Waals surface area contributed by atoms with Gasteiger partial charge in [-0.25, -0.2) is 0 Å². The van der Waals surface area contributed by atoms with Gasteiger partial charge in [0.2, 0.25) is 0 Å². The van der Waals surface area contributed by atoms with Crippen molar-refractivity contribution in [1.82, 2.24) is 4.90 Å².